The predicted octanol–water partition coefficient (Wildman–Crippen LogP) is 4.14. The van der Waals surface area contributed by atoms with Gasteiger partial charge in [-0.05, 0) is 55.8 Å². The molecule has 6 heteroatoms. The number of benzene rings is 2. The van der Waals surface area contributed by atoms with Crippen molar-refractivity contribution in [1.82, 2.24) is 0 Å². The van der Waals surface area contributed by atoms with Crippen LogP contribution >= 0.6 is 15.9 Å². The van der Waals surface area contributed by atoms with Gasteiger partial charge in [-0.25, -0.2) is 12.8 Å². The van der Waals surface area contributed by atoms with Crippen molar-refractivity contribution in [3.8, 4) is 0 Å². The molecule has 0 atom stereocenters. The fourth-order valence-corrected chi connectivity index (χ4v) is 3.57. The van der Waals surface area contributed by atoms with E-state index >= 15 is 0 Å². The molecule has 0 radical (unpaired) electrons. The molecule has 23 heavy (non-hydrogen) atoms. The van der Waals surface area contributed by atoms with Crippen molar-refractivity contribution in [2.24, 2.45) is 0 Å². The van der Waals surface area contributed by atoms with Gasteiger partial charge in [0.15, 0.2) is 15.6 Å². The highest BCUT2D eigenvalue weighted by Gasteiger charge is 2.19. The van der Waals surface area contributed by atoms with Crippen LogP contribution in [0, 0.1) is 5.82 Å². The molecule has 0 spiro atoms. The first-order valence-electron chi connectivity index (χ1n) is 7.01. The fourth-order valence-electron chi connectivity index (χ4n) is 1.99. The fraction of sp³-hybridized carbons (Fsp3) is 0.235. The van der Waals surface area contributed by atoms with Crippen LogP contribution in [0.4, 0.5) is 4.39 Å². The number of ketones is 1. The smallest absolute Gasteiger partial charge is 0.194 e. The third-order valence-corrected chi connectivity index (χ3v) is 6.30. The van der Waals surface area contributed by atoms with Crippen LogP contribution in [0.15, 0.2) is 46.9 Å². The number of halogens is 2. The lowest BCUT2D eigenvalue weighted by Crippen LogP contribution is -2.16. The zero-order valence-electron chi connectivity index (χ0n) is 12.7. The van der Waals surface area contributed by atoms with Gasteiger partial charge in [-0.1, -0.05) is 22.0 Å². The SMILES string of the molecule is CC(C)S(=O)(=O)Cc1ccc(C(=O)c2ccc(F)cc2)c(Br)c1. The Morgan fingerprint density at radius 2 is 1.74 bits per heavy atom. The zero-order valence-corrected chi connectivity index (χ0v) is 15.1. The number of hydrogen-bond donors (Lipinski definition) is 0. The summed E-state index contributed by atoms with van der Waals surface area (Å²) >= 11 is 3.31. The van der Waals surface area contributed by atoms with Crippen molar-refractivity contribution >= 4 is 31.6 Å². The highest BCUT2D eigenvalue weighted by atomic mass is 79.9. The molecule has 2 aromatic carbocycles. The van der Waals surface area contributed by atoms with Gasteiger partial charge in [0.2, 0.25) is 0 Å². The van der Waals surface area contributed by atoms with E-state index in [0.29, 0.717) is 21.2 Å². The Bertz CT molecular complexity index is 827. The van der Waals surface area contributed by atoms with Crippen LogP contribution in [0.2, 0.25) is 0 Å². The van der Waals surface area contributed by atoms with E-state index in [1.165, 1.54) is 24.3 Å². The monoisotopic (exact) mass is 398 g/mol. The van der Waals surface area contributed by atoms with Crippen molar-refractivity contribution in [2.75, 3.05) is 0 Å². The molecule has 0 N–H and O–H groups in total. The van der Waals surface area contributed by atoms with E-state index in [4.69, 9.17) is 0 Å². The largest absolute Gasteiger partial charge is 0.289 e. The van der Waals surface area contributed by atoms with Gasteiger partial charge < -0.3 is 0 Å². The second kappa shape index (κ2) is 6.93. The van der Waals surface area contributed by atoms with Crippen molar-refractivity contribution in [1.29, 1.82) is 0 Å². The molecule has 0 aromatic heterocycles. The minimum Gasteiger partial charge on any atom is -0.289 e. The lowest BCUT2D eigenvalue weighted by atomic mass is 10.0. The zero-order chi connectivity index (χ0) is 17.2. The maximum absolute atomic E-state index is 12.9. The number of carbonyl (C=O) groups is 1. The third-order valence-electron chi connectivity index (χ3n) is 3.47. The first-order chi connectivity index (χ1) is 10.7. The minimum absolute atomic E-state index is 0.0751. The van der Waals surface area contributed by atoms with Crippen LogP contribution in [0.5, 0.6) is 0 Å². The number of carbonyl (C=O) groups excluding carboxylic acids is 1. The maximum Gasteiger partial charge on any atom is 0.194 e. The molecular formula is C17H16BrFO3S. The topological polar surface area (TPSA) is 51.2 Å². The van der Waals surface area contributed by atoms with Crippen LogP contribution in [0.1, 0.15) is 35.3 Å². The Morgan fingerprint density at radius 3 is 2.26 bits per heavy atom. The standard InChI is InChI=1S/C17H16BrFO3S/c1-11(2)23(21,22)10-12-3-8-15(16(18)9-12)17(20)13-4-6-14(19)7-5-13/h3-9,11H,10H2,1-2H3. The van der Waals surface area contributed by atoms with Gasteiger partial charge in [-0.3, -0.25) is 4.79 Å². The Labute approximate surface area is 143 Å². The van der Waals surface area contributed by atoms with Crippen LogP contribution in [0.25, 0.3) is 0 Å². The summed E-state index contributed by atoms with van der Waals surface area (Å²) in [6.07, 6.45) is 0. The summed E-state index contributed by atoms with van der Waals surface area (Å²) < 4.78 is 37.4. The normalized spacial score (nSPS) is 11.7. The van der Waals surface area contributed by atoms with Crippen LogP contribution < -0.4 is 0 Å². The maximum atomic E-state index is 12.9. The van der Waals surface area contributed by atoms with Crippen LogP contribution in [-0.4, -0.2) is 19.5 Å². The van der Waals surface area contributed by atoms with Crippen molar-refractivity contribution < 1.29 is 17.6 Å². The lowest BCUT2D eigenvalue weighted by Gasteiger charge is -2.10. The number of hydrogen-bond acceptors (Lipinski definition) is 3. The van der Waals surface area contributed by atoms with Gasteiger partial charge in [-0.15, -0.1) is 0 Å². The first-order valence-corrected chi connectivity index (χ1v) is 9.52. The highest BCUT2D eigenvalue weighted by Crippen LogP contribution is 2.23. The van der Waals surface area contributed by atoms with Gasteiger partial charge in [0, 0.05) is 15.6 Å². The molecule has 2 aromatic rings. The van der Waals surface area contributed by atoms with Gasteiger partial charge in [0.25, 0.3) is 0 Å². The summed E-state index contributed by atoms with van der Waals surface area (Å²) in [5.74, 6) is -0.737. The van der Waals surface area contributed by atoms with Gasteiger partial charge >= 0.3 is 0 Å². The van der Waals surface area contributed by atoms with Gasteiger partial charge in [-0.2, -0.15) is 0 Å². The third kappa shape index (κ3) is 4.26. The molecule has 0 heterocycles. The molecule has 0 bridgehead atoms. The summed E-state index contributed by atoms with van der Waals surface area (Å²) in [4.78, 5) is 12.4. The van der Waals surface area contributed by atoms with Crippen LogP contribution in [-0.2, 0) is 15.6 Å². The van der Waals surface area contributed by atoms with E-state index in [1.54, 1.807) is 32.0 Å². The Balaban J connectivity index is 2.29. The molecule has 2 rings (SSSR count). The van der Waals surface area contributed by atoms with Crippen molar-refractivity contribution in [2.45, 2.75) is 24.9 Å². The number of rotatable bonds is 5. The average molecular weight is 399 g/mol. The molecule has 0 saturated carbocycles. The van der Waals surface area contributed by atoms with Crippen molar-refractivity contribution in [3.63, 3.8) is 0 Å². The number of sulfone groups is 1. The first kappa shape index (κ1) is 17.8. The summed E-state index contributed by atoms with van der Waals surface area (Å²) in [7, 11) is -3.21. The van der Waals surface area contributed by atoms with Crippen LogP contribution in [0.3, 0.4) is 0 Å². The summed E-state index contributed by atoms with van der Waals surface area (Å²) in [6, 6.07) is 10.1. The summed E-state index contributed by atoms with van der Waals surface area (Å²) in [5, 5.41) is -0.457. The second-order valence-electron chi connectivity index (χ2n) is 5.51. The molecule has 0 amide bonds. The van der Waals surface area contributed by atoms with E-state index < -0.39 is 20.9 Å². The molecule has 3 nitrogen and oxygen atoms in total. The Kier molecular flexibility index (Phi) is 5.37. The summed E-state index contributed by atoms with van der Waals surface area (Å²) in [5.41, 5.74) is 1.39. The summed E-state index contributed by atoms with van der Waals surface area (Å²) in [6.45, 7) is 3.27. The molecular weight excluding hydrogens is 383 g/mol. The van der Waals surface area contributed by atoms with Crippen molar-refractivity contribution in [3.05, 3.63) is 69.4 Å². The molecule has 0 saturated heterocycles. The van der Waals surface area contributed by atoms with E-state index in [1.807, 2.05) is 0 Å². The predicted molar refractivity (Wildman–Crippen MR) is 91.7 cm³/mol. The molecule has 0 fully saturated rings. The quantitative estimate of drug-likeness (QED) is 0.710. The molecule has 122 valence electrons. The molecule has 0 unspecified atom stereocenters. The molecule has 0 aliphatic heterocycles. The average Bonchev–Trinajstić information content (AvgIpc) is 2.47. The Morgan fingerprint density at radius 1 is 1.13 bits per heavy atom. The van der Waals surface area contributed by atoms with E-state index in [-0.39, 0.29) is 11.5 Å². The van der Waals surface area contributed by atoms with Gasteiger partial charge in [0.05, 0.1) is 11.0 Å². The molecule has 0 aliphatic carbocycles. The van der Waals surface area contributed by atoms with E-state index in [2.05, 4.69) is 15.9 Å². The second-order valence-corrected chi connectivity index (χ2v) is 8.92. The van der Waals surface area contributed by atoms with Gasteiger partial charge in [0.1, 0.15) is 5.82 Å². The van der Waals surface area contributed by atoms with E-state index in [9.17, 15) is 17.6 Å². The lowest BCUT2D eigenvalue weighted by molar-refractivity contribution is 0.103. The highest BCUT2D eigenvalue weighted by molar-refractivity contribution is 9.10. The van der Waals surface area contributed by atoms with E-state index in [0.717, 1.165) is 0 Å². The molecule has 0 aliphatic rings. The Hall–Kier alpha value is -1.53. The minimum atomic E-state index is -3.21.